The molecule has 0 aliphatic carbocycles. The van der Waals surface area contributed by atoms with Crippen molar-refractivity contribution in [2.75, 3.05) is 0 Å². The van der Waals surface area contributed by atoms with Crippen molar-refractivity contribution in [3.63, 3.8) is 0 Å². The van der Waals surface area contributed by atoms with Crippen molar-refractivity contribution < 1.29 is 19.1 Å². The van der Waals surface area contributed by atoms with E-state index in [9.17, 15) is 9.59 Å². The molecule has 0 saturated heterocycles. The van der Waals surface area contributed by atoms with Crippen molar-refractivity contribution in [3.05, 3.63) is 28.3 Å². The molecule has 2 aromatic heterocycles. The summed E-state index contributed by atoms with van der Waals surface area (Å²) in [5.74, 6) is -0.581. The number of hydrogen-bond donors (Lipinski definition) is 2. The van der Waals surface area contributed by atoms with Gasteiger partial charge >= 0.3 is 5.97 Å². The van der Waals surface area contributed by atoms with Gasteiger partial charge in [0.1, 0.15) is 11.8 Å². The molecule has 2 heterocycles. The first-order valence-electron chi connectivity index (χ1n) is 6.89. The summed E-state index contributed by atoms with van der Waals surface area (Å²) < 4.78 is 5.56. The van der Waals surface area contributed by atoms with Crippen LogP contribution in [-0.4, -0.2) is 28.0 Å². The van der Waals surface area contributed by atoms with Crippen LogP contribution >= 0.6 is 11.3 Å². The predicted octanol–water partition coefficient (Wildman–Crippen LogP) is 2.48. The van der Waals surface area contributed by atoms with Crippen molar-refractivity contribution >= 4 is 23.2 Å². The fourth-order valence-electron chi connectivity index (χ4n) is 1.99. The van der Waals surface area contributed by atoms with E-state index in [0.29, 0.717) is 17.3 Å². The zero-order valence-corrected chi connectivity index (χ0v) is 13.4. The minimum atomic E-state index is -1.04. The number of carbonyl (C=O) groups is 2. The van der Waals surface area contributed by atoms with Gasteiger partial charge in [0.2, 0.25) is 11.8 Å². The van der Waals surface area contributed by atoms with E-state index in [-0.39, 0.29) is 18.2 Å². The summed E-state index contributed by atoms with van der Waals surface area (Å²) in [7, 11) is 0. The van der Waals surface area contributed by atoms with Crippen molar-refractivity contribution in [3.8, 4) is 11.5 Å². The number of nitrogens with one attached hydrogen (secondary N) is 1. The summed E-state index contributed by atoms with van der Waals surface area (Å²) >= 11 is 1.53. The van der Waals surface area contributed by atoms with Gasteiger partial charge in [-0.15, -0.1) is 0 Å². The van der Waals surface area contributed by atoms with Crippen LogP contribution in [0.5, 0.6) is 0 Å². The highest BCUT2D eigenvalue weighted by Gasteiger charge is 2.24. The molecular weight excluding hydrogens is 304 g/mol. The number of thiophene rings is 1. The van der Waals surface area contributed by atoms with Crippen molar-refractivity contribution in [1.82, 2.24) is 10.3 Å². The van der Waals surface area contributed by atoms with Crippen LogP contribution in [0.15, 0.2) is 21.2 Å². The lowest BCUT2D eigenvalue weighted by atomic mass is 10.0. The van der Waals surface area contributed by atoms with E-state index in [0.717, 1.165) is 5.56 Å². The molecule has 2 aromatic rings. The Labute approximate surface area is 132 Å². The highest BCUT2D eigenvalue weighted by molar-refractivity contribution is 7.08. The molecule has 0 saturated carbocycles. The molecule has 1 unspecified atom stereocenters. The first kappa shape index (κ1) is 16.2. The Bertz CT molecular complexity index is 661. The number of carbonyl (C=O) groups excluding carboxylic acids is 1. The second-order valence-corrected chi connectivity index (χ2v) is 6.12. The van der Waals surface area contributed by atoms with E-state index in [4.69, 9.17) is 9.52 Å². The lowest BCUT2D eigenvalue weighted by Crippen LogP contribution is -2.45. The lowest BCUT2D eigenvalue weighted by molar-refractivity contribution is -0.143. The van der Waals surface area contributed by atoms with Crippen LogP contribution in [0.4, 0.5) is 0 Å². The maximum Gasteiger partial charge on any atom is 0.326 e. The molecule has 6 nitrogen and oxygen atoms in total. The van der Waals surface area contributed by atoms with Gasteiger partial charge in [-0.1, -0.05) is 13.8 Å². The van der Waals surface area contributed by atoms with Crippen LogP contribution < -0.4 is 5.32 Å². The summed E-state index contributed by atoms with van der Waals surface area (Å²) in [5.41, 5.74) is 1.39. The maximum absolute atomic E-state index is 12.0. The number of hydrogen-bond acceptors (Lipinski definition) is 5. The number of amides is 1. The maximum atomic E-state index is 12.0. The number of carboxylic acids is 1. The highest BCUT2D eigenvalue weighted by atomic mass is 32.1. The van der Waals surface area contributed by atoms with Crippen LogP contribution in [-0.2, 0) is 16.0 Å². The lowest BCUT2D eigenvalue weighted by Gasteiger charge is -2.17. The highest BCUT2D eigenvalue weighted by Crippen LogP contribution is 2.24. The van der Waals surface area contributed by atoms with Gasteiger partial charge in [-0.3, -0.25) is 4.79 Å². The van der Waals surface area contributed by atoms with Gasteiger partial charge in [-0.05, 0) is 24.3 Å². The molecule has 2 N–H and O–H groups in total. The number of aliphatic carboxylic acids is 1. The van der Waals surface area contributed by atoms with Gasteiger partial charge in [-0.25, -0.2) is 9.78 Å². The molecule has 0 aliphatic heterocycles. The first-order valence-corrected chi connectivity index (χ1v) is 7.83. The van der Waals surface area contributed by atoms with Gasteiger partial charge in [0.15, 0.2) is 0 Å². The number of aryl methyl sites for hydroxylation is 1. The van der Waals surface area contributed by atoms with Crippen LogP contribution in [0, 0.1) is 12.8 Å². The predicted molar refractivity (Wildman–Crippen MR) is 82.7 cm³/mol. The molecule has 0 fully saturated rings. The molecule has 22 heavy (non-hydrogen) atoms. The van der Waals surface area contributed by atoms with Gasteiger partial charge < -0.3 is 14.8 Å². The van der Waals surface area contributed by atoms with Crippen molar-refractivity contribution in [2.45, 2.75) is 33.2 Å². The number of aromatic nitrogens is 1. The van der Waals surface area contributed by atoms with Gasteiger partial charge in [0, 0.05) is 10.9 Å². The van der Waals surface area contributed by atoms with E-state index in [2.05, 4.69) is 10.3 Å². The molecule has 1 amide bonds. The molecule has 0 radical (unpaired) electrons. The largest absolute Gasteiger partial charge is 0.480 e. The Morgan fingerprint density at radius 2 is 2.18 bits per heavy atom. The Morgan fingerprint density at radius 1 is 1.45 bits per heavy atom. The first-order chi connectivity index (χ1) is 10.4. The minimum Gasteiger partial charge on any atom is -0.480 e. The monoisotopic (exact) mass is 322 g/mol. The van der Waals surface area contributed by atoms with Gasteiger partial charge in [-0.2, -0.15) is 11.3 Å². The van der Waals surface area contributed by atoms with Crippen LogP contribution in [0.1, 0.15) is 25.3 Å². The molecule has 0 spiro atoms. The minimum absolute atomic E-state index is 0.00400. The van der Waals surface area contributed by atoms with E-state index >= 15 is 0 Å². The average Bonchev–Trinajstić information content (AvgIpc) is 3.06. The second-order valence-electron chi connectivity index (χ2n) is 5.34. The standard InChI is InChI=1S/C15H18N2O4S/c1-8(2)13(15(19)20)17-12(18)6-11-9(3)21-14(16-11)10-4-5-22-7-10/h4-5,7-8,13H,6H2,1-3H3,(H,17,18)(H,19,20). The Kier molecular flexibility index (Phi) is 4.97. The fourth-order valence-corrected chi connectivity index (χ4v) is 2.62. The molecule has 0 aliphatic rings. The number of oxazole rings is 1. The quantitative estimate of drug-likeness (QED) is 0.852. The van der Waals surface area contributed by atoms with E-state index in [1.165, 1.54) is 11.3 Å². The molecule has 1 atom stereocenters. The molecule has 118 valence electrons. The van der Waals surface area contributed by atoms with Gasteiger partial charge in [0.25, 0.3) is 0 Å². The summed E-state index contributed by atoms with van der Waals surface area (Å²) in [6.45, 7) is 5.23. The third-order valence-corrected chi connectivity index (χ3v) is 3.92. The summed E-state index contributed by atoms with van der Waals surface area (Å²) in [6.07, 6.45) is -0.00400. The normalized spacial score (nSPS) is 12.4. The van der Waals surface area contributed by atoms with Crippen LogP contribution in [0.2, 0.25) is 0 Å². The van der Waals surface area contributed by atoms with Crippen LogP contribution in [0.3, 0.4) is 0 Å². The van der Waals surface area contributed by atoms with Crippen molar-refractivity contribution in [2.24, 2.45) is 5.92 Å². The summed E-state index contributed by atoms with van der Waals surface area (Å²) in [6, 6.07) is 0.981. The molecule has 7 heteroatoms. The molecule has 0 bridgehead atoms. The number of nitrogens with zero attached hydrogens (tertiary/aromatic N) is 1. The SMILES string of the molecule is Cc1oc(-c2ccsc2)nc1CC(=O)NC(C(=O)O)C(C)C. The molecule has 2 rings (SSSR count). The Balaban J connectivity index is 2.07. The Morgan fingerprint density at radius 3 is 2.73 bits per heavy atom. The average molecular weight is 322 g/mol. The third-order valence-electron chi connectivity index (χ3n) is 3.24. The number of carboxylic acid groups (broad SMARTS) is 1. The molecular formula is C15H18N2O4S. The summed E-state index contributed by atoms with van der Waals surface area (Å²) in [4.78, 5) is 27.5. The Hall–Kier alpha value is -2.15. The zero-order valence-electron chi connectivity index (χ0n) is 12.6. The van der Waals surface area contributed by atoms with Gasteiger partial charge in [0.05, 0.1) is 12.1 Å². The smallest absolute Gasteiger partial charge is 0.326 e. The molecule has 0 aromatic carbocycles. The zero-order chi connectivity index (χ0) is 16.3. The van der Waals surface area contributed by atoms with Crippen LogP contribution in [0.25, 0.3) is 11.5 Å². The fraction of sp³-hybridized carbons (Fsp3) is 0.400. The van der Waals surface area contributed by atoms with E-state index in [1.807, 2.05) is 16.8 Å². The topological polar surface area (TPSA) is 92.4 Å². The van der Waals surface area contributed by atoms with E-state index in [1.54, 1.807) is 20.8 Å². The van der Waals surface area contributed by atoms with E-state index < -0.39 is 12.0 Å². The summed E-state index contributed by atoms with van der Waals surface area (Å²) in [5, 5.41) is 15.4. The van der Waals surface area contributed by atoms with Crippen molar-refractivity contribution in [1.29, 1.82) is 0 Å². The third kappa shape index (κ3) is 3.73. The number of rotatable bonds is 6. The second kappa shape index (κ2) is 6.74.